The van der Waals surface area contributed by atoms with Gasteiger partial charge in [0.2, 0.25) is 5.91 Å². The molecule has 120 valence electrons. The number of anilines is 1. The fraction of sp³-hybridized carbons (Fsp3) is 0.385. The summed E-state index contributed by atoms with van der Waals surface area (Å²) in [6.07, 6.45) is -4.61. The molecule has 1 aliphatic rings. The first kappa shape index (κ1) is 16.4. The van der Waals surface area contributed by atoms with Gasteiger partial charge in [0.1, 0.15) is 11.8 Å². The molecule has 1 heterocycles. The van der Waals surface area contributed by atoms with Crippen LogP contribution in [-0.4, -0.2) is 40.6 Å². The summed E-state index contributed by atoms with van der Waals surface area (Å²) >= 11 is 5.72. The summed E-state index contributed by atoms with van der Waals surface area (Å²) in [5.41, 5.74) is -0.0243. The van der Waals surface area contributed by atoms with Crippen LogP contribution < -0.4 is 5.32 Å². The minimum atomic E-state index is -5.03. The standard InChI is InChI=1S/C13H12ClF3N2O3/c14-7-3-4-10(20)8(6-7)18-11(21)9-2-1-5-19(9)12(22)13(15,16)17/h3-4,6,9,20H,1-2,5H2,(H,18,21). The van der Waals surface area contributed by atoms with E-state index in [1.54, 1.807) is 0 Å². The lowest BCUT2D eigenvalue weighted by molar-refractivity contribution is -0.186. The fourth-order valence-corrected chi connectivity index (χ4v) is 2.44. The number of hydrogen-bond acceptors (Lipinski definition) is 3. The normalized spacial score (nSPS) is 18.4. The summed E-state index contributed by atoms with van der Waals surface area (Å²) in [6.45, 7) is -0.141. The first-order valence-electron chi connectivity index (χ1n) is 6.37. The van der Waals surface area contributed by atoms with Gasteiger partial charge in [-0.3, -0.25) is 9.59 Å². The molecule has 2 N–H and O–H groups in total. The third-order valence-electron chi connectivity index (χ3n) is 3.28. The molecule has 1 unspecified atom stereocenters. The highest BCUT2D eigenvalue weighted by Crippen LogP contribution is 2.29. The zero-order chi connectivity index (χ0) is 16.5. The van der Waals surface area contributed by atoms with E-state index in [1.807, 2.05) is 0 Å². The number of alkyl halides is 3. The first-order valence-corrected chi connectivity index (χ1v) is 6.75. The Labute approximate surface area is 128 Å². The van der Waals surface area contributed by atoms with Gasteiger partial charge in [-0.25, -0.2) is 0 Å². The van der Waals surface area contributed by atoms with E-state index >= 15 is 0 Å². The van der Waals surface area contributed by atoms with E-state index in [2.05, 4.69) is 5.32 Å². The summed E-state index contributed by atoms with van der Waals surface area (Å²) in [4.78, 5) is 23.9. The molecule has 0 bridgehead atoms. The van der Waals surface area contributed by atoms with Gasteiger partial charge in [0, 0.05) is 11.6 Å². The predicted molar refractivity (Wildman–Crippen MR) is 72.5 cm³/mol. The van der Waals surface area contributed by atoms with Gasteiger partial charge in [-0.2, -0.15) is 13.2 Å². The van der Waals surface area contributed by atoms with Crippen LogP contribution in [0, 0.1) is 0 Å². The van der Waals surface area contributed by atoms with Crippen LogP contribution in [0.2, 0.25) is 5.02 Å². The molecule has 0 saturated carbocycles. The lowest BCUT2D eigenvalue weighted by Crippen LogP contribution is -2.48. The number of phenolic OH excluding ortho intramolecular Hbond substituents is 1. The van der Waals surface area contributed by atoms with E-state index < -0.39 is 24.0 Å². The number of rotatable bonds is 2. The third-order valence-corrected chi connectivity index (χ3v) is 3.51. The molecule has 5 nitrogen and oxygen atoms in total. The van der Waals surface area contributed by atoms with Crippen molar-refractivity contribution in [1.29, 1.82) is 0 Å². The molecule has 1 atom stereocenters. The van der Waals surface area contributed by atoms with Crippen LogP contribution in [0.3, 0.4) is 0 Å². The Morgan fingerprint density at radius 1 is 1.36 bits per heavy atom. The van der Waals surface area contributed by atoms with Crippen molar-refractivity contribution >= 4 is 29.1 Å². The molecular weight excluding hydrogens is 325 g/mol. The molecule has 1 saturated heterocycles. The summed E-state index contributed by atoms with van der Waals surface area (Å²) in [6, 6.07) is 2.67. The topological polar surface area (TPSA) is 69.6 Å². The molecule has 0 radical (unpaired) electrons. The van der Waals surface area contributed by atoms with Crippen molar-refractivity contribution in [3.8, 4) is 5.75 Å². The molecule has 1 fully saturated rings. The van der Waals surface area contributed by atoms with Crippen LogP contribution in [0.15, 0.2) is 18.2 Å². The molecule has 2 rings (SSSR count). The van der Waals surface area contributed by atoms with Crippen molar-refractivity contribution in [3.63, 3.8) is 0 Å². The maximum absolute atomic E-state index is 12.5. The summed E-state index contributed by atoms with van der Waals surface area (Å²) in [7, 11) is 0. The van der Waals surface area contributed by atoms with Gasteiger partial charge in [-0.1, -0.05) is 11.6 Å². The number of carbonyl (C=O) groups is 2. The van der Waals surface area contributed by atoms with Gasteiger partial charge < -0.3 is 15.3 Å². The predicted octanol–water partition coefficient (Wildman–Crippen LogP) is 2.54. The molecule has 1 aliphatic heterocycles. The third kappa shape index (κ3) is 3.44. The quantitative estimate of drug-likeness (QED) is 0.815. The second kappa shape index (κ2) is 6.04. The van der Waals surface area contributed by atoms with Crippen LogP contribution in [0.25, 0.3) is 0 Å². The lowest BCUT2D eigenvalue weighted by atomic mass is 10.2. The number of nitrogens with zero attached hydrogens (tertiary/aromatic N) is 1. The average molecular weight is 337 g/mol. The Morgan fingerprint density at radius 3 is 2.68 bits per heavy atom. The maximum atomic E-state index is 12.5. The molecule has 0 aliphatic carbocycles. The molecule has 9 heteroatoms. The van der Waals surface area contributed by atoms with E-state index in [0.717, 1.165) is 0 Å². The number of benzene rings is 1. The number of carbonyl (C=O) groups excluding carboxylic acids is 2. The number of aromatic hydroxyl groups is 1. The van der Waals surface area contributed by atoms with E-state index in [-0.39, 0.29) is 29.4 Å². The van der Waals surface area contributed by atoms with Crippen LogP contribution in [0.5, 0.6) is 5.75 Å². The number of amides is 2. The minimum Gasteiger partial charge on any atom is -0.506 e. The molecular formula is C13H12ClF3N2O3. The Bertz CT molecular complexity index is 607. The van der Waals surface area contributed by atoms with E-state index in [9.17, 15) is 27.9 Å². The molecule has 0 aromatic heterocycles. The first-order chi connectivity index (χ1) is 10.2. The highest BCUT2D eigenvalue weighted by atomic mass is 35.5. The van der Waals surface area contributed by atoms with Crippen LogP contribution in [0.1, 0.15) is 12.8 Å². The van der Waals surface area contributed by atoms with E-state index in [4.69, 9.17) is 11.6 Å². The number of nitrogens with one attached hydrogen (secondary N) is 1. The summed E-state index contributed by atoms with van der Waals surface area (Å²) in [5, 5.41) is 12.1. The van der Waals surface area contributed by atoms with Crippen LogP contribution in [-0.2, 0) is 9.59 Å². The zero-order valence-corrected chi connectivity index (χ0v) is 11.9. The number of likely N-dealkylation sites (tertiary alicyclic amines) is 1. The second-order valence-electron chi connectivity index (χ2n) is 4.81. The van der Waals surface area contributed by atoms with Gasteiger partial charge in [-0.05, 0) is 31.0 Å². The number of phenols is 1. The van der Waals surface area contributed by atoms with Crippen molar-refractivity contribution < 1.29 is 27.9 Å². The highest BCUT2D eigenvalue weighted by molar-refractivity contribution is 6.31. The van der Waals surface area contributed by atoms with Crippen molar-refractivity contribution in [2.45, 2.75) is 25.1 Å². The molecule has 22 heavy (non-hydrogen) atoms. The minimum absolute atomic E-state index is 0.0243. The van der Waals surface area contributed by atoms with Crippen LogP contribution in [0.4, 0.5) is 18.9 Å². The van der Waals surface area contributed by atoms with Crippen molar-refractivity contribution in [1.82, 2.24) is 4.90 Å². The Balaban J connectivity index is 2.15. The Hall–Kier alpha value is -1.96. The highest BCUT2D eigenvalue weighted by Gasteiger charge is 2.47. The number of hydrogen-bond donors (Lipinski definition) is 2. The van der Waals surface area contributed by atoms with Gasteiger partial charge in [0.05, 0.1) is 5.69 Å². The molecule has 2 amide bonds. The summed E-state index contributed by atoms with van der Waals surface area (Å²) < 4.78 is 37.5. The van der Waals surface area contributed by atoms with Crippen molar-refractivity contribution in [2.24, 2.45) is 0 Å². The lowest BCUT2D eigenvalue weighted by Gasteiger charge is -2.24. The largest absolute Gasteiger partial charge is 0.506 e. The second-order valence-corrected chi connectivity index (χ2v) is 5.24. The van der Waals surface area contributed by atoms with Gasteiger partial charge in [0.15, 0.2) is 0 Å². The molecule has 1 aromatic rings. The monoisotopic (exact) mass is 336 g/mol. The maximum Gasteiger partial charge on any atom is 0.471 e. The molecule has 0 spiro atoms. The van der Waals surface area contributed by atoms with Gasteiger partial charge in [0.25, 0.3) is 0 Å². The van der Waals surface area contributed by atoms with E-state index in [1.165, 1.54) is 18.2 Å². The zero-order valence-electron chi connectivity index (χ0n) is 11.2. The van der Waals surface area contributed by atoms with Crippen LogP contribution >= 0.6 is 11.6 Å². The smallest absolute Gasteiger partial charge is 0.471 e. The van der Waals surface area contributed by atoms with E-state index in [0.29, 0.717) is 11.3 Å². The van der Waals surface area contributed by atoms with Crippen molar-refractivity contribution in [2.75, 3.05) is 11.9 Å². The summed E-state index contributed by atoms with van der Waals surface area (Å²) in [5.74, 6) is -3.11. The van der Waals surface area contributed by atoms with Gasteiger partial charge in [-0.15, -0.1) is 0 Å². The Morgan fingerprint density at radius 2 is 2.05 bits per heavy atom. The SMILES string of the molecule is O=C(Nc1cc(Cl)ccc1O)C1CCCN1C(=O)C(F)(F)F. The fourth-order valence-electron chi connectivity index (χ4n) is 2.27. The average Bonchev–Trinajstić information content (AvgIpc) is 2.90. The number of halogens is 4. The Kier molecular flexibility index (Phi) is 4.50. The molecule has 1 aromatic carbocycles. The van der Waals surface area contributed by atoms with Gasteiger partial charge >= 0.3 is 12.1 Å². The van der Waals surface area contributed by atoms with Crippen molar-refractivity contribution in [3.05, 3.63) is 23.2 Å².